The minimum absolute atomic E-state index is 0.0828. The molecule has 1 fully saturated rings. The molecule has 0 radical (unpaired) electrons. The summed E-state index contributed by atoms with van der Waals surface area (Å²) in [4.78, 5) is 34.9. The molecule has 1 heterocycles. The predicted octanol–water partition coefficient (Wildman–Crippen LogP) is 0.867. The van der Waals surface area contributed by atoms with Crippen LogP contribution in [0.15, 0.2) is 29.2 Å². The van der Waals surface area contributed by atoms with Crippen molar-refractivity contribution in [2.24, 2.45) is 0 Å². The van der Waals surface area contributed by atoms with Crippen molar-refractivity contribution in [2.45, 2.75) is 63.3 Å². The lowest BCUT2D eigenvalue weighted by Gasteiger charge is -2.43. The number of hydrogen-bond donors (Lipinski definition) is 0. The van der Waals surface area contributed by atoms with Gasteiger partial charge in [-0.2, -0.15) is 8.42 Å². The van der Waals surface area contributed by atoms with Gasteiger partial charge in [0.15, 0.2) is 24.6 Å². The van der Waals surface area contributed by atoms with Crippen molar-refractivity contribution in [1.82, 2.24) is 0 Å². The third kappa shape index (κ3) is 6.73. The van der Waals surface area contributed by atoms with Crippen LogP contribution in [0.2, 0.25) is 0 Å². The Bertz CT molecular complexity index is 925. The Hall–Kier alpha value is -2.54. The van der Waals surface area contributed by atoms with E-state index >= 15 is 0 Å². The van der Waals surface area contributed by atoms with Crippen molar-refractivity contribution in [3.05, 3.63) is 29.8 Å². The molecular weight excluding hydrogens is 448 g/mol. The highest BCUT2D eigenvalue weighted by molar-refractivity contribution is 7.86. The maximum Gasteiger partial charge on any atom is 0.303 e. The summed E-state index contributed by atoms with van der Waals surface area (Å²) in [7, 11) is -2.93. The average molecular weight is 474 g/mol. The van der Waals surface area contributed by atoms with Crippen molar-refractivity contribution in [3.63, 3.8) is 0 Å². The molecule has 178 valence electrons. The second kappa shape index (κ2) is 10.9. The van der Waals surface area contributed by atoms with E-state index in [-0.39, 0.29) is 4.90 Å². The summed E-state index contributed by atoms with van der Waals surface area (Å²) >= 11 is 0. The number of hydrogen-bond acceptors (Lipinski definition) is 11. The molecule has 0 aromatic heterocycles. The number of benzene rings is 1. The standard InChI is InChI=1S/C20H26O11S/c1-11-6-8-15(9-7-11)32(24,25)27-10-16-17(28-12(2)21)18(29-13(3)22)19(30-14(4)23)20(26-5)31-16/h6-9,16-20H,10H2,1-5H3/t16-,17+,18-,19+,20+/m0/s1. The summed E-state index contributed by atoms with van der Waals surface area (Å²) in [6.45, 7) is 4.55. The summed E-state index contributed by atoms with van der Waals surface area (Å²) in [5, 5.41) is 0. The first kappa shape index (κ1) is 25.7. The average Bonchev–Trinajstić information content (AvgIpc) is 2.69. The molecule has 1 aromatic rings. The SMILES string of the molecule is CO[C@@H]1O[C@@H](COS(=O)(=O)c2ccc(C)cc2)[C@@H](OC(C)=O)[C@H](OC(C)=O)[C@H]1OC(C)=O. The van der Waals surface area contributed by atoms with Gasteiger partial charge in [0, 0.05) is 27.9 Å². The molecule has 32 heavy (non-hydrogen) atoms. The molecule has 12 heteroatoms. The lowest BCUT2D eigenvalue weighted by molar-refractivity contribution is -0.300. The fourth-order valence-corrected chi connectivity index (χ4v) is 4.03. The van der Waals surface area contributed by atoms with Gasteiger partial charge in [-0.15, -0.1) is 0 Å². The van der Waals surface area contributed by atoms with Gasteiger partial charge in [-0.1, -0.05) is 17.7 Å². The smallest absolute Gasteiger partial charge is 0.303 e. The number of carbonyl (C=O) groups is 3. The second-order valence-corrected chi connectivity index (χ2v) is 8.67. The first-order chi connectivity index (χ1) is 14.9. The molecule has 0 spiro atoms. The van der Waals surface area contributed by atoms with Gasteiger partial charge >= 0.3 is 17.9 Å². The van der Waals surface area contributed by atoms with Gasteiger partial charge < -0.3 is 23.7 Å². The molecule has 1 aromatic carbocycles. The van der Waals surface area contributed by atoms with Gasteiger partial charge in [-0.05, 0) is 19.1 Å². The van der Waals surface area contributed by atoms with Crippen LogP contribution in [0.3, 0.4) is 0 Å². The van der Waals surface area contributed by atoms with Gasteiger partial charge in [-0.3, -0.25) is 18.6 Å². The van der Waals surface area contributed by atoms with Gasteiger partial charge in [-0.25, -0.2) is 0 Å². The summed E-state index contributed by atoms with van der Waals surface area (Å²) in [5.41, 5.74) is 0.859. The highest BCUT2D eigenvalue weighted by Gasteiger charge is 2.52. The zero-order valence-electron chi connectivity index (χ0n) is 18.3. The van der Waals surface area contributed by atoms with Crippen LogP contribution >= 0.6 is 0 Å². The summed E-state index contributed by atoms with van der Waals surface area (Å²) in [6.07, 6.45) is -6.46. The van der Waals surface area contributed by atoms with E-state index in [1.165, 1.54) is 19.2 Å². The highest BCUT2D eigenvalue weighted by atomic mass is 32.2. The Kier molecular flexibility index (Phi) is 8.73. The van der Waals surface area contributed by atoms with E-state index in [4.69, 9.17) is 27.9 Å². The lowest BCUT2D eigenvalue weighted by atomic mass is 9.98. The third-order valence-electron chi connectivity index (χ3n) is 4.43. The van der Waals surface area contributed by atoms with E-state index in [0.29, 0.717) is 0 Å². The molecule has 5 atom stereocenters. The molecule has 1 saturated heterocycles. The van der Waals surface area contributed by atoms with E-state index in [9.17, 15) is 22.8 Å². The molecule has 0 amide bonds. The third-order valence-corrected chi connectivity index (χ3v) is 5.72. The van der Waals surface area contributed by atoms with Crippen LogP contribution in [0, 0.1) is 6.92 Å². The molecule has 2 rings (SSSR count). The predicted molar refractivity (Wildman–Crippen MR) is 107 cm³/mol. The van der Waals surface area contributed by atoms with E-state index in [2.05, 4.69) is 0 Å². The van der Waals surface area contributed by atoms with Crippen molar-refractivity contribution in [1.29, 1.82) is 0 Å². The number of ether oxygens (including phenoxy) is 5. The van der Waals surface area contributed by atoms with E-state index in [1.807, 2.05) is 0 Å². The van der Waals surface area contributed by atoms with Gasteiger partial charge in [0.05, 0.1) is 11.5 Å². The topological polar surface area (TPSA) is 141 Å². The van der Waals surface area contributed by atoms with E-state index in [0.717, 1.165) is 26.3 Å². The molecule has 1 aliphatic rings. The summed E-state index contributed by atoms with van der Waals surface area (Å²) in [5.74, 6) is -2.25. The van der Waals surface area contributed by atoms with Gasteiger partial charge in [0.25, 0.3) is 10.1 Å². The molecule has 0 aliphatic carbocycles. The summed E-state index contributed by atoms with van der Waals surface area (Å²) < 4.78 is 56.8. The van der Waals surface area contributed by atoms with Crippen molar-refractivity contribution < 1.29 is 50.7 Å². The maximum absolute atomic E-state index is 12.6. The van der Waals surface area contributed by atoms with E-state index < -0.39 is 65.3 Å². The van der Waals surface area contributed by atoms with Crippen LogP contribution in [0.1, 0.15) is 26.3 Å². The van der Waals surface area contributed by atoms with Crippen LogP contribution in [0.25, 0.3) is 0 Å². The van der Waals surface area contributed by atoms with Crippen LogP contribution < -0.4 is 0 Å². The number of carbonyl (C=O) groups excluding carboxylic acids is 3. The van der Waals surface area contributed by atoms with E-state index in [1.54, 1.807) is 19.1 Å². The Morgan fingerprint density at radius 2 is 1.38 bits per heavy atom. The zero-order chi connectivity index (χ0) is 24.1. The van der Waals surface area contributed by atoms with Crippen molar-refractivity contribution in [2.75, 3.05) is 13.7 Å². The van der Waals surface area contributed by atoms with Crippen LogP contribution in [-0.4, -0.2) is 70.7 Å². The van der Waals surface area contributed by atoms with Gasteiger partial charge in [0.2, 0.25) is 0 Å². The molecule has 11 nitrogen and oxygen atoms in total. The van der Waals surface area contributed by atoms with Crippen molar-refractivity contribution in [3.8, 4) is 0 Å². The molecule has 0 N–H and O–H groups in total. The summed E-state index contributed by atoms with van der Waals surface area (Å²) in [6, 6.07) is 5.98. The second-order valence-electron chi connectivity index (χ2n) is 7.05. The lowest BCUT2D eigenvalue weighted by Crippen LogP contribution is -2.62. The van der Waals surface area contributed by atoms with Crippen LogP contribution in [0.5, 0.6) is 0 Å². The molecule has 1 aliphatic heterocycles. The minimum Gasteiger partial charge on any atom is -0.456 e. The molecular formula is C20H26O11S. The monoisotopic (exact) mass is 474 g/mol. The van der Waals surface area contributed by atoms with Crippen LogP contribution in [-0.2, 0) is 52.4 Å². The van der Waals surface area contributed by atoms with Crippen LogP contribution in [0.4, 0.5) is 0 Å². The Morgan fingerprint density at radius 3 is 1.88 bits per heavy atom. The number of esters is 3. The fraction of sp³-hybridized carbons (Fsp3) is 0.550. The largest absolute Gasteiger partial charge is 0.456 e. The highest BCUT2D eigenvalue weighted by Crippen LogP contribution is 2.30. The zero-order valence-corrected chi connectivity index (χ0v) is 19.1. The fourth-order valence-electron chi connectivity index (χ4n) is 3.11. The number of rotatable bonds is 8. The minimum atomic E-state index is -4.18. The van der Waals surface area contributed by atoms with Gasteiger partial charge in [0.1, 0.15) is 6.10 Å². The Morgan fingerprint density at radius 1 is 0.875 bits per heavy atom. The molecule has 0 unspecified atom stereocenters. The Labute approximate surface area is 186 Å². The quantitative estimate of drug-likeness (QED) is 0.301. The maximum atomic E-state index is 12.6. The number of methoxy groups -OCH3 is 1. The van der Waals surface area contributed by atoms with Crippen molar-refractivity contribution >= 4 is 28.0 Å². The molecule has 0 bridgehead atoms. The normalized spacial score (nSPS) is 25.6. The number of aryl methyl sites for hydroxylation is 1. The Balaban J connectivity index is 2.33. The first-order valence-electron chi connectivity index (χ1n) is 9.60. The molecule has 0 saturated carbocycles. The first-order valence-corrected chi connectivity index (χ1v) is 11.0.